The molecular formula is C21H22O6. The summed E-state index contributed by atoms with van der Waals surface area (Å²) in [6, 6.07) is 7.44. The molecule has 142 valence electrons. The van der Waals surface area contributed by atoms with Crippen LogP contribution >= 0.6 is 0 Å². The maximum absolute atomic E-state index is 12.9. The summed E-state index contributed by atoms with van der Waals surface area (Å²) < 4.78 is 11.2. The van der Waals surface area contributed by atoms with Gasteiger partial charge in [-0.15, -0.1) is 0 Å². The van der Waals surface area contributed by atoms with Gasteiger partial charge in [0.1, 0.15) is 28.6 Å². The first-order valence-corrected chi connectivity index (χ1v) is 8.57. The van der Waals surface area contributed by atoms with Crippen molar-refractivity contribution in [3.8, 4) is 23.0 Å². The number of hydrogen-bond acceptors (Lipinski definition) is 6. The van der Waals surface area contributed by atoms with Gasteiger partial charge in [0, 0.05) is 11.6 Å². The van der Waals surface area contributed by atoms with Gasteiger partial charge in [-0.1, -0.05) is 23.8 Å². The van der Waals surface area contributed by atoms with Crippen molar-refractivity contribution in [2.24, 2.45) is 0 Å². The first-order chi connectivity index (χ1) is 12.8. The summed E-state index contributed by atoms with van der Waals surface area (Å²) in [6.07, 6.45) is -0.109. The Balaban J connectivity index is 2.15. The first-order valence-electron chi connectivity index (χ1n) is 8.57. The fraction of sp³-hybridized carbons (Fsp3) is 0.286. The van der Waals surface area contributed by atoms with Crippen molar-refractivity contribution in [2.45, 2.75) is 32.5 Å². The normalized spacial score (nSPS) is 18.4. The SMILES string of the molecule is COc1cc(O)c(CC=C(C)C)c2c1C(=O)[C@H](O)[C@H](c1ccc(O)cc1)O2. The van der Waals surface area contributed by atoms with Gasteiger partial charge in [0.05, 0.1) is 7.11 Å². The minimum absolute atomic E-state index is 0.0447. The zero-order valence-electron chi connectivity index (χ0n) is 15.4. The molecule has 3 N–H and O–H groups in total. The molecule has 6 nitrogen and oxygen atoms in total. The van der Waals surface area contributed by atoms with Crippen LogP contribution in [-0.2, 0) is 6.42 Å². The summed E-state index contributed by atoms with van der Waals surface area (Å²) in [6.45, 7) is 3.87. The highest BCUT2D eigenvalue weighted by Crippen LogP contribution is 2.46. The quantitative estimate of drug-likeness (QED) is 0.715. The maximum atomic E-state index is 12.9. The number of phenolic OH excluding ortho intramolecular Hbond substituents is 2. The molecular weight excluding hydrogens is 348 g/mol. The van der Waals surface area contributed by atoms with Gasteiger partial charge in [-0.3, -0.25) is 4.79 Å². The molecule has 2 atom stereocenters. The van der Waals surface area contributed by atoms with E-state index in [0.29, 0.717) is 17.5 Å². The Morgan fingerprint density at radius 1 is 1.22 bits per heavy atom. The number of benzene rings is 2. The number of fused-ring (bicyclic) bond motifs is 1. The van der Waals surface area contributed by atoms with E-state index in [9.17, 15) is 20.1 Å². The third kappa shape index (κ3) is 3.48. The highest BCUT2D eigenvalue weighted by Gasteiger charge is 2.40. The van der Waals surface area contributed by atoms with Crippen molar-refractivity contribution in [3.05, 3.63) is 58.7 Å². The van der Waals surface area contributed by atoms with Crippen molar-refractivity contribution in [1.82, 2.24) is 0 Å². The van der Waals surface area contributed by atoms with Crippen LogP contribution in [0.25, 0.3) is 0 Å². The van der Waals surface area contributed by atoms with Crippen LogP contribution in [-0.4, -0.2) is 34.3 Å². The number of carbonyl (C=O) groups is 1. The molecule has 0 amide bonds. The average molecular weight is 370 g/mol. The number of ketones is 1. The van der Waals surface area contributed by atoms with Gasteiger partial charge < -0.3 is 24.8 Å². The molecule has 0 aromatic heterocycles. The molecule has 0 fully saturated rings. The lowest BCUT2D eigenvalue weighted by molar-refractivity contribution is 0.0206. The molecule has 2 aromatic rings. The van der Waals surface area contributed by atoms with Crippen LogP contribution in [0.3, 0.4) is 0 Å². The van der Waals surface area contributed by atoms with Gasteiger partial charge in [0.2, 0.25) is 5.78 Å². The lowest BCUT2D eigenvalue weighted by Crippen LogP contribution is -2.37. The molecule has 1 aliphatic rings. The number of aromatic hydroxyl groups is 2. The average Bonchev–Trinajstić information content (AvgIpc) is 2.63. The predicted molar refractivity (Wildman–Crippen MR) is 99.6 cm³/mol. The van der Waals surface area contributed by atoms with Gasteiger partial charge in [-0.25, -0.2) is 0 Å². The lowest BCUT2D eigenvalue weighted by atomic mass is 9.90. The van der Waals surface area contributed by atoms with E-state index >= 15 is 0 Å². The van der Waals surface area contributed by atoms with Crippen LogP contribution in [0.5, 0.6) is 23.0 Å². The molecule has 0 bridgehead atoms. The third-order valence-electron chi connectivity index (χ3n) is 4.53. The predicted octanol–water partition coefficient (Wildman–Crippen LogP) is 3.29. The van der Waals surface area contributed by atoms with Crippen LogP contribution in [0, 0.1) is 0 Å². The fourth-order valence-corrected chi connectivity index (χ4v) is 3.08. The van der Waals surface area contributed by atoms with Crippen LogP contribution in [0.4, 0.5) is 0 Å². The zero-order chi connectivity index (χ0) is 19.7. The van der Waals surface area contributed by atoms with E-state index in [1.165, 1.54) is 25.3 Å². The Kier molecular flexibility index (Phi) is 5.10. The van der Waals surface area contributed by atoms with E-state index in [2.05, 4.69) is 0 Å². The topological polar surface area (TPSA) is 96.2 Å². The molecule has 3 rings (SSSR count). The Bertz CT molecular complexity index is 894. The summed E-state index contributed by atoms with van der Waals surface area (Å²) in [4.78, 5) is 12.9. The number of methoxy groups -OCH3 is 1. The van der Waals surface area contributed by atoms with Crippen molar-refractivity contribution >= 4 is 5.78 Å². The van der Waals surface area contributed by atoms with Crippen molar-refractivity contribution < 1.29 is 29.6 Å². The summed E-state index contributed by atoms with van der Waals surface area (Å²) in [5.41, 5.74) is 2.16. The molecule has 0 unspecified atom stereocenters. The molecule has 0 saturated heterocycles. The Hall–Kier alpha value is -2.99. The van der Waals surface area contributed by atoms with Gasteiger partial charge in [-0.05, 0) is 38.0 Å². The molecule has 1 aliphatic heterocycles. The Morgan fingerprint density at radius 3 is 2.48 bits per heavy atom. The van der Waals surface area contributed by atoms with E-state index in [1.54, 1.807) is 12.1 Å². The maximum Gasteiger partial charge on any atom is 0.202 e. The zero-order valence-corrected chi connectivity index (χ0v) is 15.4. The number of rotatable bonds is 4. The van der Waals surface area contributed by atoms with Gasteiger partial charge in [-0.2, -0.15) is 0 Å². The van der Waals surface area contributed by atoms with Crippen LogP contribution < -0.4 is 9.47 Å². The number of allylic oxidation sites excluding steroid dienone is 2. The largest absolute Gasteiger partial charge is 0.508 e. The number of aliphatic hydroxyl groups is 1. The summed E-state index contributed by atoms with van der Waals surface area (Å²) in [5.74, 6) is -0.157. The number of hydrogen-bond donors (Lipinski definition) is 3. The Labute approximate surface area is 157 Å². The van der Waals surface area contributed by atoms with Crippen molar-refractivity contribution in [2.75, 3.05) is 7.11 Å². The monoisotopic (exact) mass is 370 g/mol. The summed E-state index contributed by atoms with van der Waals surface area (Å²) in [7, 11) is 1.39. The number of phenols is 2. The van der Waals surface area contributed by atoms with Crippen molar-refractivity contribution in [3.63, 3.8) is 0 Å². The van der Waals surface area contributed by atoms with Crippen LogP contribution in [0.1, 0.15) is 41.4 Å². The minimum atomic E-state index is -1.43. The third-order valence-corrected chi connectivity index (χ3v) is 4.53. The molecule has 0 radical (unpaired) electrons. The van der Waals surface area contributed by atoms with E-state index in [0.717, 1.165) is 5.57 Å². The number of ether oxygens (including phenoxy) is 2. The molecule has 1 heterocycles. The van der Waals surface area contributed by atoms with Gasteiger partial charge in [0.25, 0.3) is 0 Å². The standard InChI is InChI=1S/C21H22O6/c1-11(2)4-9-14-15(23)10-16(26-3)17-18(24)19(25)20(27-21(14)17)12-5-7-13(22)8-6-12/h4-8,10,19-20,22-23,25H,9H2,1-3H3/t19-,20-/m0/s1. The van der Waals surface area contributed by atoms with E-state index in [1.807, 2.05) is 19.9 Å². The second kappa shape index (κ2) is 7.32. The summed E-state index contributed by atoms with van der Waals surface area (Å²) >= 11 is 0. The van der Waals surface area contributed by atoms with Gasteiger partial charge in [0.15, 0.2) is 12.2 Å². The summed E-state index contributed by atoms with van der Waals surface area (Å²) in [5, 5.41) is 30.5. The lowest BCUT2D eigenvalue weighted by Gasteiger charge is -2.32. The van der Waals surface area contributed by atoms with E-state index in [-0.39, 0.29) is 28.6 Å². The highest BCUT2D eigenvalue weighted by atomic mass is 16.5. The van der Waals surface area contributed by atoms with E-state index < -0.39 is 18.0 Å². The molecule has 27 heavy (non-hydrogen) atoms. The second-order valence-corrected chi connectivity index (χ2v) is 6.71. The highest BCUT2D eigenvalue weighted by molar-refractivity contribution is 6.06. The Morgan fingerprint density at radius 2 is 1.89 bits per heavy atom. The molecule has 0 saturated carbocycles. The molecule has 6 heteroatoms. The first kappa shape index (κ1) is 18.8. The second-order valence-electron chi connectivity index (χ2n) is 6.71. The molecule has 0 spiro atoms. The fourth-order valence-electron chi connectivity index (χ4n) is 3.08. The van der Waals surface area contributed by atoms with Crippen LogP contribution in [0.2, 0.25) is 0 Å². The van der Waals surface area contributed by atoms with Crippen molar-refractivity contribution in [1.29, 1.82) is 0 Å². The number of aliphatic hydroxyl groups excluding tert-OH is 1. The minimum Gasteiger partial charge on any atom is -0.508 e. The van der Waals surface area contributed by atoms with Gasteiger partial charge >= 0.3 is 0 Å². The van der Waals surface area contributed by atoms with Crippen LogP contribution in [0.15, 0.2) is 42.0 Å². The molecule has 2 aromatic carbocycles. The smallest absolute Gasteiger partial charge is 0.202 e. The number of carbonyl (C=O) groups excluding carboxylic acids is 1. The molecule has 0 aliphatic carbocycles. The number of Topliss-reactive ketones (excluding diaryl/α,β-unsaturated/α-hetero) is 1. The van der Waals surface area contributed by atoms with E-state index in [4.69, 9.17) is 9.47 Å².